The fourth-order valence-electron chi connectivity index (χ4n) is 4.85. The van der Waals surface area contributed by atoms with E-state index in [0.29, 0.717) is 11.1 Å². The molecule has 0 unspecified atom stereocenters. The van der Waals surface area contributed by atoms with Crippen LogP contribution in [0.3, 0.4) is 0 Å². The lowest BCUT2D eigenvalue weighted by molar-refractivity contribution is 0.0481. The number of ether oxygens (including phenoxy) is 2. The van der Waals surface area contributed by atoms with Gasteiger partial charge in [-0.1, -0.05) is 99.9 Å². The number of hydrogen-bond donors (Lipinski definition) is 0. The van der Waals surface area contributed by atoms with Gasteiger partial charge in [-0.25, -0.2) is 9.59 Å². The average Bonchev–Trinajstić information content (AvgIpc) is 2.82. The van der Waals surface area contributed by atoms with Crippen molar-refractivity contribution in [2.75, 3.05) is 13.2 Å². The Balaban J connectivity index is 2.77. The molecule has 190 valence electrons. The normalized spacial score (nSPS) is 11.8. The monoisotopic (exact) mass is 518 g/mol. The molecule has 0 aliphatic heterocycles. The van der Waals surface area contributed by atoms with Gasteiger partial charge in [0.25, 0.3) is 0 Å². The van der Waals surface area contributed by atoms with Gasteiger partial charge in [0.15, 0.2) is 0 Å². The fourth-order valence-corrected chi connectivity index (χ4v) is 8.84. The topological polar surface area (TPSA) is 52.6 Å². The zero-order chi connectivity index (χ0) is 26.7. The van der Waals surface area contributed by atoms with E-state index in [1.807, 2.05) is 36.4 Å². The summed E-state index contributed by atoms with van der Waals surface area (Å²) in [5.74, 6) is -0.899. The van der Waals surface area contributed by atoms with Gasteiger partial charge >= 0.3 is 11.9 Å². The summed E-state index contributed by atoms with van der Waals surface area (Å²) >= 11 is 0. The van der Waals surface area contributed by atoms with Crippen molar-refractivity contribution in [1.82, 2.24) is 0 Å². The number of hydrogen-bond acceptors (Lipinski definition) is 4. The molecule has 36 heavy (non-hydrogen) atoms. The number of carbonyl (C=O) groups excluding carboxylic acids is 2. The first-order valence-electron chi connectivity index (χ1n) is 12.6. The first kappa shape index (κ1) is 27.6. The molecular weight excluding hydrogens is 480 g/mol. The van der Waals surface area contributed by atoms with Crippen molar-refractivity contribution in [1.29, 1.82) is 0 Å². The zero-order valence-electron chi connectivity index (χ0n) is 22.8. The molecule has 3 aromatic rings. The molecule has 0 saturated heterocycles. The van der Waals surface area contributed by atoms with E-state index < -0.39 is 28.1 Å². The van der Waals surface area contributed by atoms with Gasteiger partial charge in [-0.2, -0.15) is 0 Å². The van der Waals surface area contributed by atoms with Crippen LogP contribution in [0, 0.1) is 0 Å². The lowest BCUT2D eigenvalue weighted by Crippen LogP contribution is -2.51. The predicted octanol–water partition coefficient (Wildman–Crippen LogP) is 6.46. The summed E-state index contributed by atoms with van der Waals surface area (Å²) in [6.07, 6.45) is 0. The van der Waals surface area contributed by atoms with Crippen LogP contribution in [0.5, 0.6) is 0 Å². The molecule has 0 atom stereocenters. The number of benzene rings is 3. The van der Waals surface area contributed by atoms with Crippen LogP contribution in [0.1, 0.15) is 34.6 Å². The van der Waals surface area contributed by atoms with Gasteiger partial charge in [0, 0.05) is 0 Å². The second kappa shape index (κ2) is 11.0. The molecule has 0 aliphatic carbocycles. The van der Waals surface area contributed by atoms with Crippen LogP contribution in [0.25, 0.3) is 22.3 Å². The van der Waals surface area contributed by atoms with Crippen LogP contribution < -0.4 is 10.4 Å². The highest BCUT2D eigenvalue weighted by molar-refractivity contribution is 6.93. The van der Waals surface area contributed by atoms with Gasteiger partial charge in [-0.3, -0.25) is 0 Å². The van der Waals surface area contributed by atoms with Crippen LogP contribution >= 0.6 is 0 Å². The molecular formula is C30H38O4Si2. The van der Waals surface area contributed by atoms with Crippen LogP contribution in [-0.4, -0.2) is 41.3 Å². The lowest BCUT2D eigenvalue weighted by atomic mass is 9.89. The Bertz CT molecular complexity index is 1140. The van der Waals surface area contributed by atoms with Crippen molar-refractivity contribution < 1.29 is 19.1 Å². The van der Waals surface area contributed by atoms with E-state index >= 15 is 0 Å². The molecule has 0 aromatic heterocycles. The maximum atomic E-state index is 13.8. The average molecular weight is 519 g/mol. The second-order valence-electron chi connectivity index (χ2n) is 10.9. The van der Waals surface area contributed by atoms with Gasteiger partial charge in [0.05, 0.1) is 40.5 Å². The summed E-state index contributed by atoms with van der Waals surface area (Å²) in [5.41, 5.74) is 4.93. The Labute approximate surface area is 217 Å². The number of esters is 2. The SMILES string of the molecule is CCOC(=O)c1c(C(=O)OCC)c([Si](C)(C)C)c(-c2ccccc2)c(-c2ccccc2)c1[Si](C)(C)C. The van der Waals surface area contributed by atoms with Crippen molar-refractivity contribution in [2.45, 2.75) is 53.1 Å². The summed E-state index contributed by atoms with van der Waals surface area (Å²) in [7, 11) is -4.47. The molecule has 0 spiro atoms. The molecule has 3 aromatic carbocycles. The van der Waals surface area contributed by atoms with Gasteiger partial charge in [0.2, 0.25) is 0 Å². The van der Waals surface area contributed by atoms with E-state index in [1.165, 1.54) is 0 Å². The van der Waals surface area contributed by atoms with Gasteiger partial charge in [0.1, 0.15) is 0 Å². The van der Waals surface area contributed by atoms with E-state index in [0.717, 1.165) is 32.6 Å². The molecule has 0 fully saturated rings. The highest BCUT2D eigenvalue weighted by atomic mass is 28.3. The molecule has 0 heterocycles. The summed E-state index contributed by atoms with van der Waals surface area (Å²) < 4.78 is 11.3. The number of carbonyl (C=O) groups is 2. The highest BCUT2D eigenvalue weighted by Gasteiger charge is 2.40. The van der Waals surface area contributed by atoms with E-state index in [9.17, 15) is 9.59 Å². The Morgan fingerprint density at radius 1 is 0.583 bits per heavy atom. The fraction of sp³-hybridized carbons (Fsp3) is 0.333. The predicted molar refractivity (Wildman–Crippen MR) is 155 cm³/mol. The first-order chi connectivity index (χ1) is 16.9. The quantitative estimate of drug-likeness (QED) is 0.253. The molecule has 0 radical (unpaired) electrons. The minimum absolute atomic E-state index is 0.232. The third kappa shape index (κ3) is 5.55. The van der Waals surface area contributed by atoms with Crippen molar-refractivity contribution >= 4 is 38.5 Å². The van der Waals surface area contributed by atoms with Gasteiger partial charge < -0.3 is 9.47 Å². The largest absolute Gasteiger partial charge is 0.462 e. The number of rotatable bonds is 8. The van der Waals surface area contributed by atoms with Crippen molar-refractivity contribution in [3.8, 4) is 22.3 Å². The minimum atomic E-state index is -2.24. The molecule has 3 rings (SSSR count). The van der Waals surface area contributed by atoms with Crippen LogP contribution in [-0.2, 0) is 9.47 Å². The van der Waals surface area contributed by atoms with Gasteiger partial charge in [-0.15, -0.1) is 0 Å². The third-order valence-electron chi connectivity index (χ3n) is 6.08. The second-order valence-corrected chi connectivity index (χ2v) is 20.9. The zero-order valence-corrected chi connectivity index (χ0v) is 24.8. The smallest absolute Gasteiger partial charge is 0.338 e. The summed E-state index contributed by atoms with van der Waals surface area (Å²) in [4.78, 5) is 27.5. The Hall–Kier alpha value is -2.97. The molecule has 0 saturated carbocycles. The van der Waals surface area contributed by atoms with Crippen LogP contribution in [0.4, 0.5) is 0 Å². The Kier molecular flexibility index (Phi) is 8.42. The molecule has 4 nitrogen and oxygen atoms in total. The van der Waals surface area contributed by atoms with E-state index in [4.69, 9.17) is 9.47 Å². The van der Waals surface area contributed by atoms with Crippen molar-refractivity contribution in [2.24, 2.45) is 0 Å². The lowest BCUT2D eigenvalue weighted by Gasteiger charge is -2.34. The van der Waals surface area contributed by atoms with E-state index in [1.54, 1.807) is 13.8 Å². The van der Waals surface area contributed by atoms with Crippen LogP contribution in [0.2, 0.25) is 39.3 Å². The molecule has 0 aliphatic rings. The summed E-state index contributed by atoms with van der Waals surface area (Å²) in [6.45, 7) is 17.4. The van der Waals surface area contributed by atoms with E-state index in [-0.39, 0.29) is 13.2 Å². The Morgan fingerprint density at radius 3 is 1.14 bits per heavy atom. The minimum Gasteiger partial charge on any atom is -0.462 e. The van der Waals surface area contributed by atoms with Crippen LogP contribution in [0.15, 0.2) is 60.7 Å². The van der Waals surface area contributed by atoms with Crippen molar-refractivity contribution in [3.05, 3.63) is 71.8 Å². The third-order valence-corrected chi connectivity index (χ3v) is 10.1. The first-order valence-corrected chi connectivity index (χ1v) is 19.6. The van der Waals surface area contributed by atoms with E-state index in [2.05, 4.69) is 63.5 Å². The Morgan fingerprint density at radius 2 is 0.889 bits per heavy atom. The maximum absolute atomic E-state index is 13.8. The molecule has 0 N–H and O–H groups in total. The van der Waals surface area contributed by atoms with Gasteiger partial charge in [-0.05, 0) is 46.5 Å². The summed E-state index contributed by atoms with van der Waals surface area (Å²) in [5, 5.41) is 1.88. The summed E-state index contributed by atoms with van der Waals surface area (Å²) in [6, 6.07) is 20.5. The van der Waals surface area contributed by atoms with Crippen molar-refractivity contribution in [3.63, 3.8) is 0 Å². The molecule has 0 amide bonds. The highest BCUT2D eigenvalue weighted by Crippen LogP contribution is 2.36. The maximum Gasteiger partial charge on any atom is 0.338 e. The molecule has 0 bridgehead atoms. The molecule has 6 heteroatoms. The standard InChI is InChI=1S/C30H38O4Si2/c1-9-33-29(31)25-26(30(32)34-10-2)28(36(6,7)8)24(22-19-15-12-16-20-22)23(27(25)35(3,4)5)21-17-13-11-14-18-21/h11-20H,9-10H2,1-8H3.